The van der Waals surface area contributed by atoms with Gasteiger partial charge in [0.15, 0.2) is 0 Å². The molecule has 1 N–H and O–H groups in total. The zero-order chi connectivity index (χ0) is 18.3. The molecular formula is C21H42O2Si. The van der Waals surface area contributed by atoms with E-state index in [1.807, 2.05) is 6.08 Å². The van der Waals surface area contributed by atoms with Crippen LogP contribution in [0.4, 0.5) is 0 Å². The van der Waals surface area contributed by atoms with Crippen molar-refractivity contribution in [2.45, 2.75) is 116 Å². The Morgan fingerprint density at radius 1 is 1.04 bits per heavy atom. The molecule has 142 valence electrons. The number of aliphatic hydroxyl groups excluding tert-OH is 1. The van der Waals surface area contributed by atoms with E-state index >= 15 is 0 Å². The molecule has 24 heavy (non-hydrogen) atoms. The molecule has 1 aliphatic carbocycles. The average Bonchev–Trinajstić information content (AvgIpc) is 2.94. The molecule has 0 heterocycles. The molecule has 0 aliphatic heterocycles. The summed E-state index contributed by atoms with van der Waals surface area (Å²) in [7, 11) is -1.81. The Kier molecular flexibility index (Phi) is 9.25. The Bertz CT molecular complexity index is 354. The molecule has 0 spiro atoms. The number of aliphatic hydroxyl groups is 1. The molecule has 0 radical (unpaired) electrons. The fourth-order valence-corrected chi connectivity index (χ4v) is 10.4. The van der Waals surface area contributed by atoms with Gasteiger partial charge in [-0.25, -0.2) is 0 Å². The summed E-state index contributed by atoms with van der Waals surface area (Å²) in [4.78, 5) is 0. The minimum atomic E-state index is -1.81. The Labute approximate surface area is 152 Å². The van der Waals surface area contributed by atoms with Crippen LogP contribution in [0.15, 0.2) is 12.2 Å². The smallest absolute Gasteiger partial charge is 0.200 e. The lowest BCUT2D eigenvalue weighted by atomic mass is 10.0. The topological polar surface area (TPSA) is 29.5 Å². The van der Waals surface area contributed by atoms with E-state index in [-0.39, 0.29) is 6.10 Å². The van der Waals surface area contributed by atoms with Crippen molar-refractivity contribution in [3.63, 3.8) is 0 Å². The van der Waals surface area contributed by atoms with Crippen molar-refractivity contribution < 1.29 is 9.53 Å². The molecule has 0 aromatic rings. The summed E-state index contributed by atoms with van der Waals surface area (Å²) in [6.45, 7) is 16.3. The predicted molar refractivity (Wildman–Crippen MR) is 108 cm³/mol. The first kappa shape index (κ1) is 21.9. The number of hydrogen-bond acceptors (Lipinski definition) is 2. The van der Waals surface area contributed by atoms with E-state index in [0.29, 0.717) is 28.6 Å². The van der Waals surface area contributed by atoms with Crippen molar-refractivity contribution in [3.05, 3.63) is 12.2 Å². The Morgan fingerprint density at radius 2 is 1.62 bits per heavy atom. The van der Waals surface area contributed by atoms with Gasteiger partial charge >= 0.3 is 0 Å². The van der Waals surface area contributed by atoms with Gasteiger partial charge in [-0.15, -0.1) is 0 Å². The summed E-state index contributed by atoms with van der Waals surface area (Å²) >= 11 is 0. The minimum Gasteiger partial charge on any atom is -0.413 e. The van der Waals surface area contributed by atoms with Crippen molar-refractivity contribution in [1.29, 1.82) is 0 Å². The van der Waals surface area contributed by atoms with Crippen molar-refractivity contribution in [3.8, 4) is 0 Å². The third kappa shape index (κ3) is 5.44. The van der Waals surface area contributed by atoms with Gasteiger partial charge < -0.3 is 9.53 Å². The van der Waals surface area contributed by atoms with Crippen LogP contribution in [0.5, 0.6) is 0 Å². The van der Waals surface area contributed by atoms with E-state index in [9.17, 15) is 5.11 Å². The summed E-state index contributed by atoms with van der Waals surface area (Å²) in [6.07, 6.45) is 11.1. The fourth-order valence-electron chi connectivity index (χ4n) is 4.77. The maximum Gasteiger partial charge on any atom is 0.200 e. The number of unbranched alkanes of at least 4 members (excludes halogenated alkanes) is 1. The van der Waals surface area contributed by atoms with Gasteiger partial charge in [-0.05, 0) is 35.9 Å². The van der Waals surface area contributed by atoms with E-state index in [4.69, 9.17) is 4.43 Å². The highest BCUT2D eigenvalue weighted by molar-refractivity contribution is 6.77. The lowest BCUT2D eigenvalue weighted by Gasteiger charge is -2.45. The summed E-state index contributed by atoms with van der Waals surface area (Å²) in [5.41, 5.74) is 1.91. The van der Waals surface area contributed by atoms with E-state index in [1.54, 1.807) is 0 Å². The zero-order valence-corrected chi connectivity index (χ0v) is 18.2. The normalized spacial score (nSPS) is 24.0. The first-order valence-corrected chi connectivity index (χ1v) is 12.4. The van der Waals surface area contributed by atoms with Crippen LogP contribution in [-0.2, 0) is 4.43 Å². The van der Waals surface area contributed by atoms with Crippen LogP contribution in [-0.4, -0.2) is 25.6 Å². The Morgan fingerprint density at radius 3 is 2.12 bits per heavy atom. The summed E-state index contributed by atoms with van der Waals surface area (Å²) < 4.78 is 7.02. The van der Waals surface area contributed by atoms with Crippen LogP contribution >= 0.6 is 0 Å². The molecule has 0 amide bonds. The van der Waals surface area contributed by atoms with Crippen LogP contribution in [0.2, 0.25) is 16.6 Å². The third-order valence-corrected chi connectivity index (χ3v) is 12.1. The van der Waals surface area contributed by atoms with Crippen molar-refractivity contribution in [1.82, 2.24) is 0 Å². The monoisotopic (exact) mass is 354 g/mol. The lowest BCUT2D eigenvalue weighted by Crippen LogP contribution is -2.50. The molecule has 1 rings (SSSR count). The van der Waals surface area contributed by atoms with Crippen molar-refractivity contribution >= 4 is 8.32 Å². The molecule has 3 heteroatoms. The SMILES string of the molecule is CCCC[C@@H](O)/C=C/[C@H]1CCC[C@@H]1O[Si](C(C)C)(C(C)C)C(C)C. The molecule has 0 saturated heterocycles. The molecule has 0 aromatic heterocycles. The predicted octanol–water partition coefficient (Wildman–Crippen LogP) is 6.45. The highest BCUT2D eigenvalue weighted by Crippen LogP contribution is 2.45. The second-order valence-electron chi connectivity index (χ2n) is 8.66. The zero-order valence-electron chi connectivity index (χ0n) is 17.2. The quantitative estimate of drug-likeness (QED) is 0.360. The van der Waals surface area contributed by atoms with E-state index < -0.39 is 8.32 Å². The second kappa shape index (κ2) is 10.1. The summed E-state index contributed by atoms with van der Waals surface area (Å²) in [6, 6.07) is 0. The summed E-state index contributed by atoms with van der Waals surface area (Å²) in [5, 5.41) is 10.1. The fraction of sp³-hybridized carbons (Fsp3) is 0.905. The van der Waals surface area contributed by atoms with Gasteiger partial charge in [-0.3, -0.25) is 0 Å². The Balaban J connectivity index is 2.81. The van der Waals surface area contributed by atoms with E-state index in [2.05, 4.69) is 54.5 Å². The van der Waals surface area contributed by atoms with E-state index in [0.717, 1.165) is 19.3 Å². The van der Waals surface area contributed by atoms with Gasteiger partial charge in [0, 0.05) is 5.92 Å². The molecule has 2 nitrogen and oxygen atoms in total. The highest BCUT2D eigenvalue weighted by atomic mass is 28.4. The van der Waals surface area contributed by atoms with Gasteiger partial charge in [0.05, 0.1) is 12.2 Å². The van der Waals surface area contributed by atoms with Gasteiger partial charge in [0.25, 0.3) is 0 Å². The summed E-state index contributed by atoms with van der Waals surface area (Å²) in [5.74, 6) is 0.490. The van der Waals surface area contributed by atoms with Gasteiger partial charge in [0.2, 0.25) is 8.32 Å². The minimum absolute atomic E-state index is 0.284. The molecule has 3 atom stereocenters. The largest absolute Gasteiger partial charge is 0.413 e. The molecule has 0 unspecified atom stereocenters. The van der Waals surface area contributed by atoms with E-state index in [1.165, 1.54) is 19.3 Å². The maximum absolute atomic E-state index is 10.1. The Hall–Kier alpha value is -0.123. The van der Waals surface area contributed by atoms with Gasteiger partial charge in [-0.1, -0.05) is 79.9 Å². The van der Waals surface area contributed by atoms with Crippen LogP contribution in [0.1, 0.15) is 87.0 Å². The molecule has 0 aromatic carbocycles. The molecule has 1 saturated carbocycles. The molecular weight excluding hydrogens is 312 g/mol. The number of rotatable bonds is 10. The van der Waals surface area contributed by atoms with Crippen LogP contribution in [0.25, 0.3) is 0 Å². The third-order valence-electron chi connectivity index (χ3n) is 6.00. The average molecular weight is 355 g/mol. The highest BCUT2D eigenvalue weighted by Gasteiger charge is 2.47. The molecule has 0 bridgehead atoms. The van der Waals surface area contributed by atoms with Crippen LogP contribution in [0, 0.1) is 5.92 Å². The van der Waals surface area contributed by atoms with Crippen LogP contribution < -0.4 is 0 Å². The van der Waals surface area contributed by atoms with Crippen molar-refractivity contribution in [2.24, 2.45) is 5.92 Å². The van der Waals surface area contributed by atoms with Crippen LogP contribution in [0.3, 0.4) is 0 Å². The lowest BCUT2D eigenvalue weighted by molar-refractivity contribution is 0.152. The molecule has 1 aliphatic rings. The first-order valence-electron chi connectivity index (χ1n) is 10.3. The second-order valence-corrected chi connectivity index (χ2v) is 14.1. The number of hydrogen-bond donors (Lipinski definition) is 1. The van der Waals surface area contributed by atoms with Gasteiger partial charge in [0.1, 0.15) is 0 Å². The first-order chi connectivity index (χ1) is 11.3. The van der Waals surface area contributed by atoms with Crippen molar-refractivity contribution in [2.75, 3.05) is 0 Å². The standard InChI is InChI=1S/C21H42O2Si/c1-8-9-12-20(22)15-14-19-11-10-13-21(19)23-24(16(2)3,17(4)5)18(6)7/h14-22H,8-13H2,1-7H3/b15-14+/t19-,20-,21+/m1/s1. The molecule has 1 fully saturated rings. The van der Waals surface area contributed by atoms with Gasteiger partial charge in [-0.2, -0.15) is 0 Å². The maximum atomic E-state index is 10.1.